The Bertz CT molecular complexity index is 856. The maximum absolute atomic E-state index is 13.1. The van der Waals surface area contributed by atoms with Crippen molar-refractivity contribution in [2.24, 2.45) is 11.8 Å². The van der Waals surface area contributed by atoms with Crippen LogP contribution >= 0.6 is 0 Å². The maximum atomic E-state index is 13.1. The summed E-state index contributed by atoms with van der Waals surface area (Å²) in [5.41, 5.74) is 4.28. The van der Waals surface area contributed by atoms with Crippen LogP contribution in [0.3, 0.4) is 0 Å². The molecule has 0 saturated heterocycles. The number of nitrogens with zero attached hydrogens (tertiary/aromatic N) is 1. The number of carbonyl (C=O) groups excluding carboxylic acids is 1. The van der Waals surface area contributed by atoms with Gasteiger partial charge in [-0.15, -0.1) is 0 Å². The molecule has 3 rings (SSSR count). The van der Waals surface area contributed by atoms with E-state index in [9.17, 15) is 4.79 Å². The molecule has 3 nitrogen and oxygen atoms in total. The number of benzene rings is 2. The van der Waals surface area contributed by atoms with Gasteiger partial charge in [0.1, 0.15) is 0 Å². The zero-order chi connectivity index (χ0) is 19.8. The van der Waals surface area contributed by atoms with Crippen molar-refractivity contribution in [1.29, 1.82) is 0 Å². The van der Waals surface area contributed by atoms with Crippen LogP contribution in [0.15, 0.2) is 79.1 Å². The molecule has 0 unspecified atom stereocenters. The first-order valence-electron chi connectivity index (χ1n) is 10.1. The van der Waals surface area contributed by atoms with Crippen molar-refractivity contribution in [1.82, 2.24) is 4.98 Å². The highest BCUT2D eigenvalue weighted by atomic mass is 16.1. The van der Waals surface area contributed by atoms with Crippen molar-refractivity contribution in [2.45, 2.75) is 33.1 Å². The van der Waals surface area contributed by atoms with Crippen molar-refractivity contribution < 1.29 is 4.79 Å². The van der Waals surface area contributed by atoms with Crippen LogP contribution in [0.25, 0.3) is 11.1 Å². The lowest BCUT2D eigenvalue weighted by Crippen LogP contribution is -2.30. The molecule has 2 aromatic carbocycles. The third-order valence-electron chi connectivity index (χ3n) is 5.42. The van der Waals surface area contributed by atoms with Gasteiger partial charge in [0, 0.05) is 24.0 Å². The van der Waals surface area contributed by atoms with Gasteiger partial charge in [-0.05, 0) is 53.3 Å². The summed E-state index contributed by atoms with van der Waals surface area (Å²) < 4.78 is 0. The van der Waals surface area contributed by atoms with E-state index in [2.05, 4.69) is 36.3 Å². The van der Waals surface area contributed by atoms with Crippen LogP contribution in [0.5, 0.6) is 0 Å². The number of anilines is 1. The summed E-state index contributed by atoms with van der Waals surface area (Å²) >= 11 is 0. The Balaban J connectivity index is 1.73. The SMILES string of the molecule is CCC(CC)[C@@H](Cc1ccccc1)C(=O)Nc1ccc(-c2ccncc2)cc1. The first-order valence-corrected chi connectivity index (χ1v) is 10.1. The molecule has 0 radical (unpaired) electrons. The molecule has 144 valence electrons. The summed E-state index contributed by atoms with van der Waals surface area (Å²) in [6, 6.07) is 22.3. The summed E-state index contributed by atoms with van der Waals surface area (Å²) in [5.74, 6) is 0.447. The van der Waals surface area contributed by atoms with Crippen LogP contribution in [0.1, 0.15) is 32.3 Å². The number of rotatable bonds is 8. The van der Waals surface area contributed by atoms with Gasteiger partial charge < -0.3 is 5.32 Å². The van der Waals surface area contributed by atoms with Crippen LogP contribution in [-0.4, -0.2) is 10.9 Å². The van der Waals surface area contributed by atoms with E-state index in [4.69, 9.17) is 0 Å². The highest BCUT2D eigenvalue weighted by Crippen LogP contribution is 2.26. The van der Waals surface area contributed by atoms with Crippen molar-refractivity contribution in [3.63, 3.8) is 0 Å². The van der Waals surface area contributed by atoms with Crippen LogP contribution in [-0.2, 0) is 11.2 Å². The first-order chi connectivity index (χ1) is 13.7. The van der Waals surface area contributed by atoms with Crippen molar-refractivity contribution in [3.8, 4) is 11.1 Å². The molecule has 28 heavy (non-hydrogen) atoms. The molecule has 3 aromatic rings. The summed E-state index contributed by atoms with van der Waals surface area (Å²) in [5, 5.41) is 3.14. The predicted octanol–water partition coefficient (Wildman–Crippen LogP) is 5.98. The smallest absolute Gasteiger partial charge is 0.228 e. The molecule has 1 atom stereocenters. The standard InChI is InChI=1S/C25H28N2O/c1-3-20(4-2)24(18-19-8-6-5-7-9-19)25(28)27-23-12-10-21(11-13-23)22-14-16-26-17-15-22/h5-17,20,24H,3-4,18H2,1-2H3,(H,27,28)/t24-/m1/s1. The lowest BCUT2D eigenvalue weighted by molar-refractivity contribution is -0.121. The van der Waals surface area contributed by atoms with Crippen molar-refractivity contribution in [2.75, 3.05) is 5.32 Å². The fourth-order valence-electron chi connectivity index (χ4n) is 3.72. The molecular formula is C25H28N2O. The average molecular weight is 373 g/mol. The molecule has 1 amide bonds. The van der Waals surface area contributed by atoms with E-state index >= 15 is 0 Å². The first kappa shape index (κ1) is 19.8. The molecule has 1 N–H and O–H groups in total. The number of pyridine rings is 1. The van der Waals surface area contributed by atoms with Crippen molar-refractivity contribution in [3.05, 3.63) is 84.7 Å². The van der Waals surface area contributed by atoms with Gasteiger partial charge in [0.05, 0.1) is 0 Å². The topological polar surface area (TPSA) is 42.0 Å². The quantitative estimate of drug-likeness (QED) is 0.528. The number of nitrogens with one attached hydrogen (secondary N) is 1. The van der Waals surface area contributed by atoms with E-state index < -0.39 is 0 Å². The Hall–Kier alpha value is -2.94. The largest absolute Gasteiger partial charge is 0.326 e. The molecule has 3 heteroatoms. The van der Waals surface area contributed by atoms with Gasteiger partial charge in [-0.1, -0.05) is 69.2 Å². The fraction of sp³-hybridized carbons (Fsp3) is 0.280. The summed E-state index contributed by atoms with van der Waals surface area (Å²) in [7, 11) is 0. The van der Waals surface area contributed by atoms with E-state index in [0.717, 1.165) is 36.1 Å². The minimum Gasteiger partial charge on any atom is -0.326 e. The Morgan fingerprint density at radius 2 is 1.46 bits per heavy atom. The van der Waals surface area contributed by atoms with E-state index in [1.807, 2.05) is 54.6 Å². The molecule has 0 bridgehead atoms. The van der Waals surface area contributed by atoms with Gasteiger partial charge >= 0.3 is 0 Å². The molecule has 0 aliphatic rings. The molecule has 0 aliphatic heterocycles. The predicted molar refractivity (Wildman–Crippen MR) is 116 cm³/mol. The van der Waals surface area contributed by atoms with E-state index in [1.165, 1.54) is 5.56 Å². The van der Waals surface area contributed by atoms with Gasteiger partial charge in [-0.2, -0.15) is 0 Å². The summed E-state index contributed by atoms with van der Waals surface area (Å²) in [4.78, 5) is 17.2. The minimum atomic E-state index is -0.0303. The van der Waals surface area contributed by atoms with E-state index in [1.54, 1.807) is 12.4 Å². The number of aromatic nitrogens is 1. The molecule has 0 saturated carbocycles. The average Bonchev–Trinajstić information content (AvgIpc) is 2.75. The van der Waals surface area contributed by atoms with Crippen LogP contribution in [0.2, 0.25) is 0 Å². The third kappa shape index (κ3) is 5.07. The fourth-order valence-corrected chi connectivity index (χ4v) is 3.72. The van der Waals surface area contributed by atoms with E-state index in [0.29, 0.717) is 5.92 Å². The van der Waals surface area contributed by atoms with Crippen LogP contribution < -0.4 is 5.32 Å². The molecular weight excluding hydrogens is 344 g/mol. The monoisotopic (exact) mass is 372 g/mol. The summed E-state index contributed by atoms with van der Waals surface area (Å²) in [6.07, 6.45) is 6.35. The minimum absolute atomic E-state index is 0.0303. The lowest BCUT2D eigenvalue weighted by atomic mass is 9.82. The third-order valence-corrected chi connectivity index (χ3v) is 5.42. The highest BCUT2D eigenvalue weighted by Gasteiger charge is 2.26. The molecule has 1 heterocycles. The number of hydrogen-bond donors (Lipinski definition) is 1. The van der Waals surface area contributed by atoms with Gasteiger partial charge in [-0.3, -0.25) is 9.78 Å². The summed E-state index contributed by atoms with van der Waals surface area (Å²) in [6.45, 7) is 4.34. The zero-order valence-electron chi connectivity index (χ0n) is 16.6. The van der Waals surface area contributed by atoms with Gasteiger partial charge in [-0.25, -0.2) is 0 Å². The second kappa shape index (κ2) is 9.84. The molecule has 0 aliphatic carbocycles. The molecule has 0 spiro atoms. The van der Waals surface area contributed by atoms with Gasteiger partial charge in [0.25, 0.3) is 0 Å². The number of hydrogen-bond acceptors (Lipinski definition) is 2. The second-order valence-corrected chi connectivity index (χ2v) is 7.18. The Kier molecular flexibility index (Phi) is 6.96. The lowest BCUT2D eigenvalue weighted by Gasteiger charge is -2.25. The Morgan fingerprint density at radius 1 is 0.857 bits per heavy atom. The van der Waals surface area contributed by atoms with Crippen molar-refractivity contribution >= 4 is 11.6 Å². The van der Waals surface area contributed by atoms with Crippen LogP contribution in [0.4, 0.5) is 5.69 Å². The molecule has 0 fully saturated rings. The van der Waals surface area contributed by atoms with Gasteiger partial charge in [0.2, 0.25) is 5.91 Å². The van der Waals surface area contributed by atoms with Crippen LogP contribution in [0, 0.1) is 11.8 Å². The molecule has 1 aromatic heterocycles. The Morgan fingerprint density at radius 3 is 2.07 bits per heavy atom. The van der Waals surface area contributed by atoms with Gasteiger partial charge in [0.15, 0.2) is 0 Å². The Labute approximate surface area is 167 Å². The maximum Gasteiger partial charge on any atom is 0.228 e. The highest BCUT2D eigenvalue weighted by molar-refractivity contribution is 5.93. The zero-order valence-corrected chi connectivity index (χ0v) is 16.6. The second-order valence-electron chi connectivity index (χ2n) is 7.18. The normalized spacial score (nSPS) is 12.0. The number of amides is 1. The number of carbonyl (C=O) groups is 1. The van der Waals surface area contributed by atoms with E-state index in [-0.39, 0.29) is 11.8 Å².